The fourth-order valence-corrected chi connectivity index (χ4v) is 2.34. The number of benzene rings is 1. The van der Waals surface area contributed by atoms with Crippen molar-refractivity contribution in [3.8, 4) is 0 Å². The molecule has 2 heteroatoms. The van der Waals surface area contributed by atoms with Crippen LogP contribution in [0.3, 0.4) is 0 Å². The van der Waals surface area contributed by atoms with Crippen molar-refractivity contribution in [3.63, 3.8) is 0 Å². The standard InChI is InChI=1S/C12H9NS/c1-2-5-9(6-3-1)11-12(13-11)10-7-4-8-14-10/h1-8,11H. The highest BCUT2D eigenvalue weighted by atomic mass is 32.1. The second kappa shape index (κ2) is 3.07. The summed E-state index contributed by atoms with van der Waals surface area (Å²) in [6.07, 6.45) is 0. The molecule has 0 radical (unpaired) electrons. The number of nitrogens with zero attached hydrogens (tertiary/aromatic N) is 1. The molecule has 0 amide bonds. The van der Waals surface area contributed by atoms with Gasteiger partial charge in [-0.15, -0.1) is 11.3 Å². The van der Waals surface area contributed by atoms with Gasteiger partial charge in [-0.05, 0) is 17.0 Å². The van der Waals surface area contributed by atoms with Crippen LogP contribution in [0.25, 0.3) is 0 Å². The molecule has 1 aliphatic rings. The molecule has 1 unspecified atom stereocenters. The Morgan fingerprint density at radius 3 is 2.57 bits per heavy atom. The zero-order chi connectivity index (χ0) is 9.38. The predicted molar refractivity (Wildman–Crippen MR) is 60.0 cm³/mol. The van der Waals surface area contributed by atoms with Crippen molar-refractivity contribution in [3.05, 3.63) is 58.3 Å². The predicted octanol–water partition coefficient (Wildman–Crippen LogP) is 3.29. The Hall–Kier alpha value is -1.41. The molecule has 0 N–H and O–H groups in total. The quantitative estimate of drug-likeness (QED) is 0.703. The summed E-state index contributed by atoms with van der Waals surface area (Å²) in [5, 5.41) is 2.10. The topological polar surface area (TPSA) is 12.4 Å². The normalized spacial score (nSPS) is 19.1. The van der Waals surface area contributed by atoms with Gasteiger partial charge in [0.15, 0.2) is 0 Å². The largest absolute Gasteiger partial charge is 0.271 e. The van der Waals surface area contributed by atoms with Crippen LogP contribution in [0.2, 0.25) is 0 Å². The summed E-state index contributed by atoms with van der Waals surface area (Å²) in [6, 6.07) is 15.0. The maximum absolute atomic E-state index is 4.49. The van der Waals surface area contributed by atoms with E-state index in [1.807, 2.05) is 6.07 Å². The first-order chi connectivity index (χ1) is 6.95. The van der Waals surface area contributed by atoms with E-state index in [9.17, 15) is 0 Å². The van der Waals surface area contributed by atoms with E-state index < -0.39 is 0 Å². The van der Waals surface area contributed by atoms with Crippen LogP contribution in [0.4, 0.5) is 0 Å². The summed E-state index contributed by atoms with van der Waals surface area (Å²) in [4.78, 5) is 5.80. The van der Waals surface area contributed by atoms with Gasteiger partial charge in [-0.3, -0.25) is 4.99 Å². The van der Waals surface area contributed by atoms with Crippen molar-refractivity contribution in [1.82, 2.24) is 0 Å². The van der Waals surface area contributed by atoms with Gasteiger partial charge < -0.3 is 0 Å². The molecular weight excluding hydrogens is 190 g/mol. The molecule has 1 aromatic carbocycles. The fraction of sp³-hybridized carbons (Fsp3) is 0.0833. The molecule has 2 aromatic rings. The van der Waals surface area contributed by atoms with Crippen LogP contribution in [0, 0.1) is 0 Å². The molecule has 2 heterocycles. The summed E-state index contributed by atoms with van der Waals surface area (Å²) in [7, 11) is 0. The Morgan fingerprint density at radius 1 is 1.00 bits per heavy atom. The number of hydrogen-bond donors (Lipinski definition) is 0. The van der Waals surface area contributed by atoms with Gasteiger partial charge in [0, 0.05) is 0 Å². The zero-order valence-corrected chi connectivity index (χ0v) is 8.37. The van der Waals surface area contributed by atoms with E-state index in [1.165, 1.54) is 16.2 Å². The second-order valence-electron chi connectivity index (χ2n) is 3.30. The van der Waals surface area contributed by atoms with E-state index in [4.69, 9.17) is 0 Å². The van der Waals surface area contributed by atoms with Crippen molar-refractivity contribution in [2.24, 2.45) is 4.99 Å². The van der Waals surface area contributed by atoms with Gasteiger partial charge in [-0.2, -0.15) is 0 Å². The van der Waals surface area contributed by atoms with Crippen LogP contribution in [0.1, 0.15) is 16.5 Å². The first-order valence-electron chi connectivity index (χ1n) is 4.62. The van der Waals surface area contributed by atoms with E-state index in [-0.39, 0.29) is 0 Å². The summed E-state index contributed by atoms with van der Waals surface area (Å²) in [5.41, 5.74) is 2.54. The fourth-order valence-electron chi connectivity index (χ4n) is 1.59. The minimum absolute atomic E-state index is 0.329. The number of hydrogen-bond acceptors (Lipinski definition) is 2. The summed E-state index contributed by atoms with van der Waals surface area (Å²) >= 11 is 1.76. The van der Waals surface area contributed by atoms with Gasteiger partial charge in [0.05, 0.1) is 10.6 Å². The molecule has 1 atom stereocenters. The van der Waals surface area contributed by atoms with Crippen LogP contribution in [-0.2, 0) is 0 Å². The third-order valence-corrected chi connectivity index (χ3v) is 3.24. The monoisotopic (exact) mass is 199 g/mol. The van der Waals surface area contributed by atoms with E-state index in [1.54, 1.807) is 11.3 Å². The number of rotatable bonds is 2. The molecule has 0 fully saturated rings. The maximum Gasteiger partial charge on any atom is 0.118 e. The van der Waals surface area contributed by atoms with Gasteiger partial charge in [0.1, 0.15) is 6.04 Å². The van der Waals surface area contributed by atoms with Crippen molar-refractivity contribution in [2.45, 2.75) is 6.04 Å². The average molecular weight is 199 g/mol. The molecule has 1 aromatic heterocycles. The SMILES string of the molecule is c1ccc(C2N=C2c2cccs2)cc1. The molecule has 68 valence electrons. The van der Waals surface area contributed by atoms with Gasteiger partial charge >= 0.3 is 0 Å². The molecule has 14 heavy (non-hydrogen) atoms. The lowest BCUT2D eigenvalue weighted by Crippen LogP contribution is -1.89. The van der Waals surface area contributed by atoms with Crippen molar-refractivity contribution >= 4 is 17.0 Å². The van der Waals surface area contributed by atoms with E-state index >= 15 is 0 Å². The smallest absolute Gasteiger partial charge is 0.118 e. The zero-order valence-electron chi connectivity index (χ0n) is 7.55. The van der Waals surface area contributed by atoms with Gasteiger partial charge in [-0.1, -0.05) is 36.4 Å². The third-order valence-electron chi connectivity index (χ3n) is 2.35. The molecule has 1 aliphatic heterocycles. The Morgan fingerprint density at radius 2 is 1.86 bits per heavy atom. The van der Waals surface area contributed by atoms with Crippen molar-refractivity contribution < 1.29 is 0 Å². The molecule has 0 spiro atoms. The van der Waals surface area contributed by atoms with Gasteiger partial charge in [0.2, 0.25) is 0 Å². The average Bonchev–Trinajstić information content (AvgIpc) is 2.87. The molecule has 0 saturated heterocycles. The van der Waals surface area contributed by atoms with Gasteiger partial charge in [-0.25, -0.2) is 0 Å². The highest BCUT2D eigenvalue weighted by Crippen LogP contribution is 2.36. The van der Waals surface area contributed by atoms with Crippen LogP contribution in [0.15, 0.2) is 52.8 Å². The maximum atomic E-state index is 4.49. The number of aliphatic imine (C=N–C) groups is 1. The minimum Gasteiger partial charge on any atom is -0.271 e. The van der Waals surface area contributed by atoms with Crippen LogP contribution >= 0.6 is 11.3 Å². The highest BCUT2D eigenvalue weighted by Gasteiger charge is 2.30. The summed E-state index contributed by atoms with van der Waals surface area (Å²) in [6.45, 7) is 0. The molecule has 0 saturated carbocycles. The summed E-state index contributed by atoms with van der Waals surface area (Å²) in [5.74, 6) is 0. The van der Waals surface area contributed by atoms with Crippen LogP contribution < -0.4 is 0 Å². The second-order valence-corrected chi connectivity index (χ2v) is 4.25. The molecule has 3 rings (SSSR count). The number of thiophene rings is 1. The first-order valence-corrected chi connectivity index (χ1v) is 5.49. The Kier molecular flexibility index (Phi) is 1.74. The van der Waals surface area contributed by atoms with Crippen LogP contribution in [-0.4, -0.2) is 5.71 Å². The Balaban J connectivity index is 1.83. The lowest BCUT2D eigenvalue weighted by atomic mass is 10.1. The Bertz CT molecular complexity index is 456. The van der Waals surface area contributed by atoms with Gasteiger partial charge in [0.25, 0.3) is 0 Å². The van der Waals surface area contributed by atoms with Crippen molar-refractivity contribution in [1.29, 1.82) is 0 Å². The lowest BCUT2D eigenvalue weighted by Gasteiger charge is -1.95. The van der Waals surface area contributed by atoms with Crippen molar-refractivity contribution in [2.75, 3.05) is 0 Å². The third kappa shape index (κ3) is 1.28. The molecule has 0 bridgehead atoms. The highest BCUT2D eigenvalue weighted by molar-refractivity contribution is 7.12. The van der Waals surface area contributed by atoms with Crippen LogP contribution in [0.5, 0.6) is 0 Å². The Labute approximate surface area is 86.7 Å². The molecule has 0 aliphatic carbocycles. The minimum atomic E-state index is 0.329. The van der Waals surface area contributed by atoms with E-state index in [0.29, 0.717) is 6.04 Å². The van der Waals surface area contributed by atoms with E-state index in [0.717, 1.165) is 0 Å². The lowest BCUT2D eigenvalue weighted by molar-refractivity contribution is 1.13. The first kappa shape index (κ1) is 7.94. The van der Waals surface area contributed by atoms with E-state index in [2.05, 4.69) is 46.8 Å². The molecule has 1 nitrogen and oxygen atoms in total. The molecular formula is C12H9NS. The summed E-state index contributed by atoms with van der Waals surface area (Å²) < 4.78 is 0.